The second kappa shape index (κ2) is 4.93. The topological polar surface area (TPSA) is 40.8 Å². The van der Waals surface area contributed by atoms with Gasteiger partial charge in [0, 0.05) is 31.5 Å². The molecule has 1 heterocycles. The van der Waals surface area contributed by atoms with Crippen LogP contribution in [-0.2, 0) is 13.1 Å². The van der Waals surface area contributed by atoms with Crippen LogP contribution < -0.4 is 5.32 Å². The lowest BCUT2D eigenvalue weighted by atomic mass is 9.91. The fraction of sp³-hybridized carbons (Fsp3) is 0.643. The summed E-state index contributed by atoms with van der Waals surface area (Å²) in [6, 6.07) is 5.26. The van der Waals surface area contributed by atoms with Crippen molar-refractivity contribution in [2.24, 2.45) is 5.41 Å². The van der Waals surface area contributed by atoms with Gasteiger partial charge in [-0.25, -0.2) is 0 Å². The molecular formula is C14H21N3. The van der Waals surface area contributed by atoms with Gasteiger partial charge in [-0.3, -0.25) is 0 Å². The molecule has 0 aliphatic heterocycles. The molecule has 1 aromatic heterocycles. The highest BCUT2D eigenvalue weighted by Crippen LogP contribution is 2.21. The molecule has 1 N–H and O–H groups in total. The molecular weight excluding hydrogens is 210 g/mol. The minimum Gasteiger partial charge on any atom is -0.354 e. The maximum Gasteiger partial charge on any atom is 0.0684 e. The first-order valence-electron chi connectivity index (χ1n) is 6.38. The fourth-order valence-electron chi connectivity index (χ4n) is 1.75. The van der Waals surface area contributed by atoms with Gasteiger partial charge in [-0.1, -0.05) is 0 Å². The van der Waals surface area contributed by atoms with Gasteiger partial charge in [0.1, 0.15) is 0 Å². The minimum atomic E-state index is -0.226. The first-order chi connectivity index (χ1) is 8.09. The fourth-order valence-corrected chi connectivity index (χ4v) is 1.75. The monoisotopic (exact) mass is 231 g/mol. The molecule has 0 amide bonds. The van der Waals surface area contributed by atoms with E-state index in [-0.39, 0.29) is 5.41 Å². The molecule has 0 aromatic carbocycles. The van der Waals surface area contributed by atoms with Crippen LogP contribution in [0.15, 0.2) is 18.5 Å². The Morgan fingerprint density at radius 2 is 2.29 bits per heavy atom. The average molecular weight is 231 g/mol. The zero-order valence-corrected chi connectivity index (χ0v) is 10.7. The second-order valence-corrected chi connectivity index (χ2v) is 5.66. The van der Waals surface area contributed by atoms with E-state index in [0.717, 1.165) is 25.6 Å². The van der Waals surface area contributed by atoms with E-state index in [4.69, 9.17) is 5.26 Å². The van der Waals surface area contributed by atoms with Crippen LogP contribution in [0.3, 0.4) is 0 Å². The smallest absolute Gasteiger partial charge is 0.0684 e. The van der Waals surface area contributed by atoms with Crippen LogP contribution in [0.1, 0.15) is 38.7 Å². The Balaban J connectivity index is 1.79. The lowest BCUT2D eigenvalue weighted by Gasteiger charge is -2.14. The first kappa shape index (κ1) is 12.2. The third-order valence-corrected chi connectivity index (χ3v) is 3.28. The molecule has 2 rings (SSSR count). The largest absolute Gasteiger partial charge is 0.354 e. The van der Waals surface area contributed by atoms with Crippen LogP contribution in [0, 0.1) is 16.7 Å². The molecule has 17 heavy (non-hydrogen) atoms. The zero-order valence-electron chi connectivity index (χ0n) is 10.7. The highest BCUT2D eigenvalue weighted by molar-refractivity contribution is 5.10. The molecule has 0 atom stereocenters. The van der Waals surface area contributed by atoms with Gasteiger partial charge in [0.25, 0.3) is 0 Å². The standard InChI is InChI=1S/C14H21N3/c1-14(2,11-15)6-8-17-7-5-12(10-17)9-16-13-3-4-13/h5,7,10,13,16H,3-4,6,8-9H2,1-2H3. The predicted molar refractivity (Wildman–Crippen MR) is 68.3 cm³/mol. The van der Waals surface area contributed by atoms with Gasteiger partial charge in [0.2, 0.25) is 0 Å². The molecule has 1 fully saturated rings. The van der Waals surface area contributed by atoms with E-state index in [1.54, 1.807) is 0 Å². The van der Waals surface area contributed by atoms with Crippen LogP contribution in [-0.4, -0.2) is 10.6 Å². The molecule has 1 aliphatic carbocycles. The number of hydrogen-bond donors (Lipinski definition) is 1. The van der Waals surface area contributed by atoms with E-state index >= 15 is 0 Å². The van der Waals surface area contributed by atoms with E-state index in [1.807, 2.05) is 13.8 Å². The summed E-state index contributed by atoms with van der Waals surface area (Å²) in [7, 11) is 0. The third-order valence-electron chi connectivity index (χ3n) is 3.28. The van der Waals surface area contributed by atoms with E-state index in [9.17, 15) is 0 Å². The lowest BCUT2D eigenvalue weighted by Crippen LogP contribution is -2.15. The summed E-state index contributed by atoms with van der Waals surface area (Å²) in [4.78, 5) is 0. The van der Waals surface area contributed by atoms with Crippen molar-refractivity contribution in [2.75, 3.05) is 0 Å². The van der Waals surface area contributed by atoms with Gasteiger partial charge in [-0.2, -0.15) is 5.26 Å². The van der Waals surface area contributed by atoms with E-state index in [2.05, 4.69) is 34.4 Å². The van der Waals surface area contributed by atoms with Gasteiger partial charge < -0.3 is 9.88 Å². The Kier molecular flexibility index (Phi) is 3.54. The normalized spacial score (nSPS) is 15.8. The minimum absolute atomic E-state index is 0.226. The Labute approximate surface area is 103 Å². The van der Waals surface area contributed by atoms with E-state index in [0.29, 0.717) is 0 Å². The number of nitriles is 1. The maximum atomic E-state index is 8.96. The molecule has 3 nitrogen and oxygen atoms in total. The van der Waals surface area contributed by atoms with Gasteiger partial charge in [0.05, 0.1) is 11.5 Å². The molecule has 0 bridgehead atoms. The van der Waals surface area contributed by atoms with Crippen LogP contribution in [0.4, 0.5) is 0 Å². The van der Waals surface area contributed by atoms with Crippen molar-refractivity contribution in [3.8, 4) is 6.07 Å². The average Bonchev–Trinajstić information content (AvgIpc) is 3.03. The predicted octanol–water partition coefficient (Wildman–Crippen LogP) is 2.68. The van der Waals surface area contributed by atoms with E-state index < -0.39 is 0 Å². The number of hydrogen-bond acceptors (Lipinski definition) is 2. The Hall–Kier alpha value is -1.27. The van der Waals surface area contributed by atoms with Crippen molar-refractivity contribution in [1.29, 1.82) is 5.26 Å². The molecule has 92 valence electrons. The van der Waals surface area contributed by atoms with Gasteiger partial charge in [-0.05, 0) is 44.7 Å². The molecule has 0 radical (unpaired) electrons. The molecule has 1 saturated carbocycles. The molecule has 0 saturated heterocycles. The van der Waals surface area contributed by atoms with Crippen LogP contribution in [0.25, 0.3) is 0 Å². The lowest BCUT2D eigenvalue weighted by molar-refractivity contribution is 0.413. The van der Waals surface area contributed by atoms with Gasteiger partial charge in [0.15, 0.2) is 0 Å². The van der Waals surface area contributed by atoms with Crippen LogP contribution in [0.2, 0.25) is 0 Å². The SMILES string of the molecule is CC(C)(C#N)CCn1ccc(CNC2CC2)c1. The highest BCUT2D eigenvalue weighted by atomic mass is 15.0. The quantitative estimate of drug-likeness (QED) is 0.817. The number of nitrogens with one attached hydrogen (secondary N) is 1. The third kappa shape index (κ3) is 3.90. The number of nitrogens with zero attached hydrogens (tertiary/aromatic N) is 2. The summed E-state index contributed by atoms with van der Waals surface area (Å²) in [5.41, 5.74) is 1.11. The van der Waals surface area contributed by atoms with Crippen LogP contribution in [0.5, 0.6) is 0 Å². The summed E-state index contributed by atoms with van der Waals surface area (Å²) in [6.45, 7) is 5.88. The Morgan fingerprint density at radius 3 is 2.94 bits per heavy atom. The van der Waals surface area contributed by atoms with Crippen molar-refractivity contribution in [3.63, 3.8) is 0 Å². The summed E-state index contributed by atoms with van der Waals surface area (Å²) in [6.07, 6.45) is 7.85. The van der Waals surface area contributed by atoms with E-state index in [1.165, 1.54) is 18.4 Å². The first-order valence-corrected chi connectivity index (χ1v) is 6.38. The maximum absolute atomic E-state index is 8.96. The summed E-state index contributed by atoms with van der Waals surface area (Å²) < 4.78 is 2.18. The van der Waals surface area contributed by atoms with Gasteiger partial charge >= 0.3 is 0 Å². The zero-order chi connectivity index (χ0) is 12.3. The molecule has 1 aliphatic rings. The summed E-state index contributed by atoms with van der Waals surface area (Å²) in [5, 5.41) is 12.5. The number of rotatable bonds is 6. The Bertz CT molecular complexity index is 407. The van der Waals surface area contributed by atoms with Crippen molar-refractivity contribution in [3.05, 3.63) is 24.0 Å². The van der Waals surface area contributed by atoms with Crippen molar-refractivity contribution < 1.29 is 0 Å². The number of aromatic nitrogens is 1. The highest BCUT2D eigenvalue weighted by Gasteiger charge is 2.20. The van der Waals surface area contributed by atoms with Crippen LogP contribution >= 0.6 is 0 Å². The molecule has 0 unspecified atom stereocenters. The summed E-state index contributed by atoms with van der Waals surface area (Å²) in [5.74, 6) is 0. The van der Waals surface area contributed by atoms with Crippen molar-refractivity contribution >= 4 is 0 Å². The number of aryl methyl sites for hydroxylation is 1. The van der Waals surface area contributed by atoms with Crippen molar-refractivity contribution in [2.45, 2.75) is 52.2 Å². The second-order valence-electron chi connectivity index (χ2n) is 5.66. The molecule has 3 heteroatoms. The molecule has 0 spiro atoms. The van der Waals surface area contributed by atoms with Gasteiger partial charge in [-0.15, -0.1) is 0 Å². The van der Waals surface area contributed by atoms with Crippen molar-refractivity contribution in [1.82, 2.24) is 9.88 Å². The Morgan fingerprint density at radius 1 is 1.53 bits per heavy atom. The molecule has 1 aromatic rings. The summed E-state index contributed by atoms with van der Waals surface area (Å²) >= 11 is 0.